The molecule has 1 fully saturated rings. The highest BCUT2D eigenvalue weighted by Gasteiger charge is 2.49. The van der Waals surface area contributed by atoms with E-state index in [-0.39, 0.29) is 26.9 Å². The summed E-state index contributed by atoms with van der Waals surface area (Å²) >= 11 is 0.880. The fraction of sp³-hybridized carbons (Fsp3) is 0.143. The molecule has 1 aromatic carbocycles. The van der Waals surface area contributed by atoms with Crippen LogP contribution in [0.25, 0.3) is 5.76 Å². The molecule has 8 nitrogen and oxygen atoms in total. The Kier molecular flexibility index (Phi) is 5.15. The fourth-order valence-electron chi connectivity index (χ4n) is 3.28. The second-order valence-electron chi connectivity index (χ2n) is 6.59. The van der Waals surface area contributed by atoms with Crippen LogP contribution in [-0.2, 0) is 14.3 Å². The highest BCUT2D eigenvalue weighted by atomic mass is 32.1. The molecule has 0 bridgehead atoms. The first kappa shape index (κ1) is 20.5. The Balaban J connectivity index is 1.90. The number of carbonyl (C=O) groups is 3. The third-order valence-corrected chi connectivity index (χ3v) is 5.87. The van der Waals surface area contributed by atoms with E-state index < -0.39 is 35.3 Å². The Morgan fingerprint density at radius 2 is 1.97 bits per heavy atom. The number of aliphatic hydroxyl groups excluding tert-OH is 1. The Bertz CT molecular complexity index is 1210. The minimum atomic E-state index is -1.13. The molecule has 1 saturated heterocycles. The van der Waals surface area contributed by atoms with Gasteiger partial charge >= 0.3 is 11.9 Å². The van der Waals surface area contributed by atoms with Crippen LogP contribution >= 0.6 is 11.3 Å². The lowest BCUT2D eigenvalue weighted by Gasteiger charge is -2.20. The second kappa shape index (κ2) is 7.80. The zero-order valence-electron chi connectivity index (χ0n) is 16.3. The van der Waals surface area contributed by atoms with E-state index in [4.69, 9.17) is 9.15 Å². The van der Waals surface area contributed by atoms with Gasteiger partial charge in [0.25, 0.3) is 5.78 Å². The number of anilines is 1. The molecule has 0 radical (unpaired) electrons. The van der Waals surface area contributed by atoms with Gasteiger partial charge in [0.1, 0.15) is 28.3 Å². The number of aromatic nitrogens is 1. The number of furan rings is 1. The number of esters is 1. The SMILES string of the molecule is COC(=O)c1sc(N2C(=O)C(=O)/C(=C(/O)c3ccc(F)cc3)C2c2ccco2)nc1C. The molecular weight excluding hydrogens is 427 g/mol. The maximum Gasteiger partial charge on any atom is 0.350 e. The number of nitrogens with zero attached hydrogens (tertiary/aromatic N) is 2. The number of hydrogen-bond donors (Lipinski definition) is 1. The number of Topliss-reactive ketones (excluding diaryl/α,β-unsaturated/α-hetero) is 1. The summed E-state index contributed by atoms with van der Waals surface area (Å²) in [4.78, 5) is 43.4. The number of amides is 1. The molecule has 10 heteroatoms. The minimum absolute atomic E-state index is 0.0690. The topological polar surface area (TPSA) is 110 Å². The predicted molar refractivity (Wildman–Crippen MR) is 108 cm³/mol. The van der Waals surface area contributed by atoms with E-state index in [1.807, 2.05) is 0 Å². The molecule has 1 unspecified atom stereocenters. The normalized spacial score (nSPS) is 17.9. The van der Waals surface area contributed by atoms with Gasteiger partial charge in [0, 0.05) is 5.56 Å². The minimum Gasteiger partial charge on any atom is -0.507 e. The van der Waals surface area contributed by atoms with Crippen molar-refractivity contribution in [2.24, 2.45) is 0 Å². The summed E-state index contributed by atoms with van der Waals surface area (Å²) in [6.07, 6.45) is 1.36. The summed E-state index contributed by atoms with van der Waals surface area (Å²) in [6.45, 7) is 1.57. The van der Waals surface area contributed by atoms with Crippen molar-refractivity contribution < 1.29 is 33.0 Å². The van der Waals surface area contributed by atoms with Gasteiger partial charge in [0.05, 0.1) is 24.6 Å². The van der Waals surface area contributed by atoms with E-state index in [9.17, 15) is 23.9 Å². The summed E-state index contributed by atoms with van der Waals surface area (Å²) in [5.41, 5.74) is 0.242. The standard InChI is InChI=1S/C21H15FN2O6S/c1-10-18(20(28)29-2)31-21(23-10)24-15(13-4-3-9-30-13)14(17(26)19(24)27)16(25)11-5-7-12(22)8-6-11/h3-9,15,25H,1-2H3/b16-14+. The average molecular weight is 442 g/mol. The zero-order valence-corrected chi connectivity index (χ0v) is 17.1. The van der Waals surface area contributed by atoms with E-state index >= 15 is 0 Å². The van der Waals surface area contributed by atoms with E-state index in [1.165, 1.54) is 25.5 Å². The van der Waals surface area contributed by atoms with Crippen LogP contribution in [0, 0.1) is 12.7 Å². The number of benzene rings is 1. The number of thiazole rings is 1. The highest BCUT2D eigenvalue weighted by molar-refractivity contribution is 7.17. The van der Waals surface area contributed by atoms with Crippen molar-refractivity contribution in [1.82, 2.24) is 4.98 Å². The molecule has 1 aliphatic heterocycles. The van der Waals surface area contributed by atoms with E-state index in [0.717, 1.165) is 28.4 Å². The molecule has 31 heavy (non-hydrogen) atoms. The van der Waals surface area contributed by atoms with Gasteiger partial charge in [0.2, 0.25) is 0 Å². The molecule has 2 aromatic heterocycles. The lowest BCUT2D eigenvalue weighted by Crippen LogP contribution is -2.29. The van der Waals surface area contributed by atoms with Crippen LogP contribution in [-0.4, -0.2) is 34.9 Å². The van der Waals surface area contributed by atoms with E-state index in [1.54, 1.807) is 19.1 Å². The number of methoxy groups -OCH3 is 1. The fourth-order valence-corrected chi connectivity index (χ4v) is 4.29. The number of rotatable bonds is 4. The van der Waals surface area contributed by atoms with Crippen molar-refractivity contribution in [2.45, 2.75) is 13.0 Å². The molecule has 3 aromatic rings. The van der Waals surface area contributed by atoms with Crippen LogP contribution in [0.5, 0.6) is 0 Å². The first-order chi connectivity index (χ1) is 14.8. The Morgan fingerprint density at radius 3 is 2.58 bits per heavy atom. The van der Waals surface area contributed by atoms with Crippen LogP contribution in [0.4, 0.5) is 9.52 Å². The number of ether oxygens (including phenoxy) is 1. The maximum atomic E-state index is 13.3. The first-order valence-corrected chi connectivity index (χ1v) is 9.81. The van der Waals surface area contributed by atoms with Gasteiger partial charge in [-0.15, -0.1) is 0 Å². The first-order valence-electron chi connectivity index (χ1n) is 8.99. The smallest absolute Gasteiger partial charge is 0.350 e. The van der Waals surface area contributed by atoms with Gasteiger partial charge in [-0.3, -0.25) is 14.5 Å². The van der Waals surface area contributed by atoms with Gasteiger partial charge in [-0.1, -0.05) is 11.3 Å². The Hall–Kier alpha value is -3.79. The third-order valence-electron chi connectivity index (χ3n) is 4.74. The van der Waals surface area contributed by atoms with Crippen molar-refractivity contribution in [3.05, 3.63) is 75.9 Å². The largest absolute Gasteiger partial charge is 0.507 e. The zero-order chi connectivity index (χ0) is 22.3. The number of aliphatic hydroxyl groups is 1. The number of carbonyl (C=O) groups excluding carboxylic acids is 3. The second-order valence-corrected chi connectivity index (χ2v) is 7.57. The van der Waals surface area contributed by atoms with Gasteiger partial charge in [-0.25, -0.2) is 14.2 Å². The summed E-state index contributed by atoms with van der Waals surface area (Å²) < 4.78 is 23.5. The monoisotopic (exact) mass is 442 g/mol. The van der Waals surface area contributed by atoms with Crippen LogP contribution in [0.1, 0.15) is 32.7 Å². The van der Waals surface area contributed by atoms with Crippen molar-refractivity contribution in [1.29, 1.82) is 0 Å². The predicted octanol–water partition coefficient (Wildman–Crippen LogP) is 3.60. The maximum absolute atomic E-state index is 13.3. The number of hydrogen-bond acceptors (Lipinski definition) is 8. The summed E-state index contributed by atoms with van der Waals surface area (Å²) in [5.74, 6) is -3.34. The molecule has 0 spiro atoms. The van der Waals surface area contributed by atoms with Crippen molar-refractivity contribution in [2.75, 3.05) is 12.0 Å². The van der Waals surface area contributed by atoms with Crippen LogP contribution < -0.4 is 4.90 Å². The average Bonchev–Trinajstić information content (AvgIpc) is 3.47. The van der Waals surface area contributed by atoms with Crippen molar-refractivity contribution in [3.8, 4) is 0 Å². The third kappa shape index (κ3) is 3.40. The molecule has 1 atom stereocenters. The quantitative estimate of drug-likeness (QED) is 0.285. The van der Waals surface area contributed by atoms with Crippen molar-refractivity contribution >= 4 is 39.9 Å². The Labute approximate surface area is 179 Å². The van der Waals surface area contributed by atoms with Gasteiger partial charge in [0.15, 0.2) is 5.13 Å². The molecular formula is C21H15FN2O6S. The van der Waals surface area contributed by atoms with Crippen LogP contribution in [0.15, 0.2) is 52.7 Å². The Morgan fingerprint density at radius 1 is 1.26 bits per heavy atom. The lowest BCUT2D eigenvalue weighted by molar-refractivity contribution is -0.132. The lowest BCUT2D eigenvalue weighted by atomic mass is 9.99. The van der Waals surface area contributed by atoms with Gasteiger partial charge in [-0.2, -0.15) is 0 Å². The van der Waals surface area contributed by atoms with Gasteiger partial charge in [-0.05, 0) is 43.3 Å². The van der Waals surface area contributed by atoms with Crippen LogP contribution in [0.3, 0.4) is 0 Å². The number of halogens is 1. The summed E-state index contributed by atoms with van der Waals surface area (Å²) in [7, 11) is 1.22. The van der Waals surface area contributed by atoms with Gasteiger partial charge < -0.3 is 14.3 Å². The molecule has 1 amide bonds. The number of aryl methyl sites for hydroxylation is 1. The molecule has 0 aliphatic carbocycles. The van der Waals surface area contributed by atoms with E-state index in [0.29, 0.717) is 5.69 Å². The summed E-state index contributed by atoms with van der Waals surface area (Å²) in [6, 6.07) is 6.82. The molecule has 0 saturated carbocycles. The highest BCUT2D eigenvalue weighted by Crippen LogP contribution is 2.44. The molecule has 4 rings (SSSR count). The van der Waals surface area contributed by atoms with E-state index in [2.05, 4.69) is 4.98 Å². The molecule has 1 aliphatic rings. The molecule has 1 N–H and O–H groups in total. The number of ketones is 1. The molecule has 3 heterocycles. The van der Waals surface area contributed by atoms with Crippen molar-refractivity contribution in [3.63, 3.8) is 0 Å². The summed E-state index contributed by atoms with van der Waals surface area (Å²) in [5, 5.41) is 10.9. The van der Waals surface area contributed by atoms with Crippen LogP contribution in [0.2, 0.25) is 0 Å². The molecule has 158 valence electrons.